The van der Waals surface area contributed by atoms with E-state index in [4.69, 9.17) is 15.5 Å². The predicted octanol–water partition coefficient (Wildman–Crippen LogP) is 0.355. The van der Waals surface area contributed by atoms with Crippen molar-refractivity contribution in [3.05, 3.63) is 0 Å². The molecule has 0 aromatic carbocycles. The minimum atomic E-state index is -4.23. The summed E-state index contributed by atoms with van der Waals surface area (Å²) in [5.41, 5.74) is 5.31. The molecule has 0 rings (SSSR count). The highest BCUT2D eigenvalue weighted by Gasteiger charge is 2.27. The van der Waals surface area contributed by atoms with Crippen LogP contribution in [0.3, 0.4) is 0 Å². The summed E-state index contributed by atoms with van der Waals surface area (Å²) >= 11 is 0.334. The number of hydrogen-bond acceptors (Lipinski definition) is 5. The lowest BCUT2D eigenvalue weighted by molar-refractivity contribution is 0.397. The fraction of sp³-hybridized carbons (Fsp3) is 1.00. The lowest BCUT2D eigenvalue weighted by Gasteiger charge is -2.15. The van der Waals surface area contributed by atoms with Crippen molar-refractivity contribution in [2.45, 2.75) is 25.0 Å². The highest BCUT2D eigenvalue weighted by Crippen LogP contribution is 2.50. The third kappa shape index (κ3) is 6.88. The Labute approximate surface area is 99.8 Å². The summed E-state index contributed by atoms with van der Waals surface area (Å²) in [6.45, 7) is -2.47. The van der Waals surface area contributed by atoms with Crippen molar-refractivity contribution in [1.29, 1.82) is 0 Å². The zero-order chi connectivity index (χ0) is 12.8. The average molecular weight is 291 g/mol. The number of nitrogens with two attached hydrogens (primary N) is 1. The van der Waals surface area contributed by atoms with Crippen LogP contribution in [0.5, 0.6) is 0 Å². The second kappa shape index (κ2) is 6.98. The summed E-state index contributed by atoms with van der Waals surface area (Å²) < 4.78 is 34.0. The Hall–Kier alpha value is 0.410. The van der Waals surface area contributed by atoms with Gasteiger partial charge in [0.1, 0.15) is 0 Å². The molecule has 0 spiro atoms. The van der Waals surface area contributed by atoms with Gasteiger partial charge in [-0.2, -0.15) is 0 Å². The molecule has 1 atom stereocenters. The van der Waals surface area contributed by atoms with Crippen LogP contribution in [0.4, 0.5) is 0 Å². The molecule has 0 aliphatic rings. The van der Waals surface area contributed by atoms with E-state index in [9.17, 15) is 13.0 Å². The monoisotopic (exact) mass is 291 g/mol. The van der Waals surface area contributed by atoms with Crippen molar-refractivity contribution in [2.24, 2.45) is 5.73 Å². The van der Waals surface area contributed by atoms with Gasteiger partial charge >= 0.3 is 6.80 Å². The minimum Gasteiger partial charge on any atom is -0.329 e. The van der Waals surface area contributed by atoms with Gasteiger partial charge in [-0.15, -0.1) is 0 Å². The fourth-order valence-corrected chi connectivity index (χ4v) is 5.28. The maximum Gasteiger partial charge on any atom is 0.384 e. The third-order valence-corrected chi connectivity index (χ3v) is 6.77. The zero-order valence-electron chi connectivity index (χ0n) is 9.07. The van der Waals surface area contributed by atoms with Crippen molar-refractivity contribution >= 4 is 28.0 Å². The number of rotatable bonds is 8. The Kier molecular flexibility index (Phi) is 7.16. The second-order valence-corrected chi connectivity index (χ2v) is 9.54. The minimum absolute atomic E-state index is 0.0209. The van der Waals surface area contributed by atoms with Crippen LogP contribution < -0.4 is 5.73 Å². The summed E-state index contributed by atoms with van der Waals surface area (Å²) in [6.07, 6.45) is 1.29. The van der Waals surface area contributed by atoms with Gasteiger partial charge in [-0.25, -0.2) is 13.0 Å². The first-order chi connectivity index (χ1) is 7.23. The van der Waals surface area contributed by atoms with Gasteiger partial charge in [0.2, 0.25) is 0 Å². The molecule has 1 unspecified atom stereocenters. The van der Waals surface area contributed by atoms with Gasteiger partial charge < -0.3 is 15.5 Å². The molecule has 0 saturated heterocycles. The van der Waals surface area contributed by atoms with Gasteiger partial charge in [0.15, 0.2) is 9.84 Å². The van der Waals surface area contributed by atoms with E-state index in [2.05, 4.69) is 0 Å². The van der Waals surface area contributed by atoms with Crippen LogP contribution in [0.25, 0.3) is 0 Å². The van der Waals surface area contributed by atoms with Crippen molar-refractivity contribution in [3.8, 4) is 0 Å². The van der Waals surface area contributed by atoms with Gasteiger partial charge in [0.05, 0.1) is 11.0 Å². The van der Waals surface area contributed by atoms with Crippen LogP contribution in [0.2, 0.25) is 0 Å². The van der Waals surface area contributed by atoms with Gasteiger partial charge in [-0.3, -0.25) is 0 Å². The van der Waals surface area contributed by atoms with Crippen LogP contribution in [0.1, 0.15) is 19.8 Å². The summed E-state index contributed by atoms with van der Waals surface area (Å²) in [6, 6.07) is 0. The maximum absolute atomic E-state index is 11.7. The molecule has 9 heteroatoms. The lowest BCUT2D eigenvalue weighted by atomic mass is 10.4. The van der Waals surface area contributed by atoms with Crippen LogP contribution in [-0.2, 0) is 14.4 Å². The molecule has 0 amide bonds. The molecule has 0 aliphatic carbocycles. The molecule has 0 aromatic heterocycles. The molecule has 0 bridgehead atoms. The van der Waals surface area contributed by atoms with Crippen LogP contribution in [0.15, 0.2) is 0 Å². The Morgan fingerprint density at radius 3 is 2.38 bits per heavy atom. The first-order valence-electron chi connectivity index (χ1n) is 4.84. The molecule has 6 nitrogen and oxygen atoms in total. The van der Waals surface area contributed by atoms with Crippen LogP contribution >= 0.6 is 18.2 Å². The van der Waals surface area contributed by atoms with E-state index in [-0.39, 0.29) is 18.1 Å². The molecule has 16 heavy (non-hydrogen) atoms. The quantitative estimate of drug-likeness (QED) is 0.552. The van der Waals surface area contributed by atoms with E-state index in [0.29, 0.717) is 17.8 Å². The lowest BCUT2D eigenvalue weighted by Crippen LogP contribution is -2.33. The molecular formula is C7H18NO5PS2. The normalized spacial score (nSPS) is 15.0. The maximum atomic E-state index is 11.7. The van der Waals surface area contributed by atoms with Gasteiger partial charge in [0.25, 0.3) is 0 Å². The zero-order valence-corrected chi connectivity index (χ0v) is 11.6. The molecule has 0 aliphatic heterocycles. The third-order valence-electron chi connectivity index (χ3n) is 1.98. The first kappa shape index (κ1) is 16.4. The van der Waals surface area contributed by atoms with Crippen molar-refractivity contribution in [3.63, 3.8) is 0 Å². The van der Waals surface area contributed by atoms with E-state index in [0.717, 1.165) is 6.42 Å². The highest BCUT2D eigenvalue weighted by atomic mass is 32.7. The molecule has 0 aromatic rings. The number of hydrogen-bond donors (Lipinski definition) is 3. The Morgan fingerprint density at radius 1 is 1.44 bits per heavy atom. The molecular weight excluding hydrogens is 273 g/mol. The summed E-state index contributed by atoms with van der Waals surface area (Å²) in [5.74, 6) is -0.139. The molecule has 0 fully saturated rings. The molecule has 0 saturated carbocycles. The van der Waals surface area contributed by atoms with E-state index < -0.39 is 21.9 Å². The average Bonchev–Trinajstić information content (AvgIpc) is 2.13. The van der Waals surface area contributed by atoms with E-state index in [1.54, 1.807) is 0 Å². The topological polar surface area (TPSA) is 118 Å². The fourth-order valence-electron chi connectivity index (χ4n) is 1.01. The Balaban J connectivity index is 4.43. The summed E-state index contributed by atoms with van der Waals surface area (Å²) in [7, 11) is -3.35. The highest BCUT2D eigenvalue weighted by molar-refractivity contribution is 8.54. The SMILES string of the molecule is CCCCS(=O)(=O)C(CN)CSP(=O)(O)O. The van der Waals surface area contributed by atoms with Gasteiger partial charge in [0, 0.05) is 12.3 Å². The Morgan fingerprint density at radius 2 is 2.00 bits per heavy atom. The smallest absolute Gasteiger partial charge is 0.329 e. The van der Waals surface area contributed by atoms with Gasteiger partial charge in [-0.1, -0.05) is 13.3 Å². The summed E-state index contributed by atoms with van der Waals surface area (Å²) in [5, 5.41) is -0.878. The standard InChI is InChI=1S/C7H18NO5PS2/c1-2-3-4-16(12,13)7(5-8)6-15-14(9,10)11/h7H,2-6,8H2,1H3,(H2,9,10,11). The Bertz CT molecular complexity index is 339. The predicted molar refractivity (Wildman–Crippen MR) is 66.0 cm³/mol. The largest absolute Gasteiger partial charge is 0.384 e. The van der Waals surface area contributed by atoms with E-state index in [1.807, 2.05) is 6.92 Å². The van der Waals surface area contributed by atoms with E-state index >= 15 is 0 Å². The molecule has 0 heterocycles. The van der Waals surface area contributed by atoms with Crippen LogP contribution in [0, 0.1) is 0 Å². The van der Waals surface area contributed by atoms with Crippen LogP contribution in [-0.4, -0.2) is 41.5 Å². The molecule has 0 radical (unpaired) electrons. The van der Waals surface area contributed by atoms with Crippen molar-refractivity contribution < 1.29 is 22.8 Å². The number of sulfone groups is 1. The first-order valence-corrected chi connectivity index (χ1v) is 9.76. The summed E-state index contributed by atoms with van der Waals surface area (Å²) in [4.78, 5) is 17.3. The van der Waals surface area contributed by atoms with Crippen molar-refractivity contribution in [1.82, 2.24) is 0 Å². The molecule has 4 N–H and O–H groups in total. The van der Waals surface area contributed by atoms with Crippen molar-refractivity contribution in [2.75, 3.05) is 18.1 Å². The van der Waals surface area contributed by atoms with E-state index in [1.165, 1.54) is 0 Å². The van der Waals surface area contributed by atoms with Gasteiger partial charge in [-0.05, 0) is 17.8 Å². The number of unbranched alkanes of at least 4 members (excludes halogenated alkanes) is 1. The molecule has 98 valence electrons. The second-order valence-electron chi connectivity index (χ2n) is 3.36.